The molecule has 1 spiro atoms. The maximum absolute atomic E-state index is 13.3. The van der Waals surface area contributed by atoms with Crippen LogP contribution in [0.25, 0.3) is 5.57 Å². The van der Waals surface area contributed by atoms with Gasteiger partial charge in [-0.15, -0.1) is 0 Å². The van der Waals surface area contributed by atoms with Crippen LogP contribution in [0.4, 0.5) is 0 Å². The molecule has 5 heteroatoms. The minimum absolute atomic E-state index is 0.0328. The van der Waals surface area contributed by atoms with Gasteiger partial charge < -0.3 is 20.2 Å². The number of nitrogens with one attached hydrogen (secondary N) is 1. The van der Waals surface area contributed by atoms with Gasteiger partial charge in [-0.3, -0.25) is 4.79 Å². The molecule has 31 heavy (non-hydrogen) atoms. The minimum atomic E-state index is -0.325. The number of ketones is 1. The molecule has 5 rings (SSSR count). The number of Topliss-reactive ketones (excluding diaryl/α,β-unsaturated/α-hetero) is 1. The Labute approximate surface area is 181 Å². The summed E-state index contributed by atoms with van der Waals surface area (Å²) in [6.45, 7) is 5.96. The van der Waals surface area contributed by atoms with Crippen LogP contribution in [0, 0.1) is 0 Å². The van der Waals surface area contributed by atoms with E-state index in [1.165, 1.54) is 5.56 Å². The highest BCUT2D eigenvalue weighted by molar-refractivity contribution is 5.98. The Morgan fingerprint density at radius 1 is 1.13 bits per heavy atom. The number of rotatable bonds is 5. The Bertz CT molecular complexity index is 1130. The van der Waals surface area contributed by atoms with E-state index in [2.05, 4.69) is 18.0 Å². The van der Waals surface area contributed by atoms with Crippen molar-refractivity contribution in [2.24, 2.45) is 5.73 Å². The summed E-state index contributed by atoms with van der Waals surface area (Å²) < 4.78 is 11.9. The predicted octanol–water partition coefficient (Wildman–Crippen LogP) is 4.06. The molecular formula is C26H26N2O3. The van der Waals surface area contributed by atoms with Crippen molar-refractivity contribution in [3.8, 4) is 5.75 Å². The molecule has 3 aromatic rings. The average molecular weight is 415 g/mol. The molecule has 158 valence electrons. The smallest absolute Gasteiger partial charge is 0.214 e. The van der Waals surface area contributed by atoms with Crippen LogP contribution in [0.3, 0.4) is 0 Å². The van der Waals surface area contributed by atoms with Crippen molar-refractivity contribution in [1.29, 1.82) is 0 Å². The number of hydrogen-bond donors (Lipinski definition) is 2. The van der Waals surface area contributed by atoms with Crippen LogP contribution in [-0.4, -0.2) is 25.0 Å². The van der Waals surface area contributed by atoms with Gasteiger partial charge in [-0.05, 0) is 48.7 Å². The lowest BCUT2D eigenvalue weighted by Crippen LogP contribution is -2.50. The van der Waals surface area contributed by atoms with Gasteiger partial charge in [0.05, 0.1) is 12.6 Å². The highest BCUT2D eigenvalue weighted by Gasteiger charge is 2.46. The summed E-state index contributed by atoms with van der Waals surface area (Å²) in [7, 11) is 0. The average Bonchev–Trinajstić information content (AvgIpc) is 3.44. The highest BCUT2D eigenvalue weighted by atomic mass is 16.5. The third-order valence-corrected chi connectivity index (χ3v) is 6.53. The number of ether oxygens (including phenoxy) is 1. The normalized spacial score (nSPS) is 22.2. The van der Waals surface area contributed by atoms with Gasteiger partial charge in [0.25, 0.3) is 0 Å². The molecule has 2 aliphatic rings. The van der Waals surface area contributed by atoms with Crippen molar-refractivity contribution in [3.63, 3.8) is 0 Å². The fraction of sp³-hybridized carbons (Fsp3) is 0.269. The van der Waals surface area contributed by atoms with Crippen molar-refractivity contribution in [1.82, 2.24) is 5.32 Å². The zero-order valence-corrected chi connectivity index (χ0v) is 17.4. The number of fused-ring (bicyclic) bond motifs is 2. The van der Waals surface area contributed by atoms with Gasteiger partial charge in [-0.2, -0.15) is 0 Å². The molecule has 3 heterocycles. The molecule has 2 aliphatic heterocycles. The molecular weight excluding hydrogens is 388 g/mol. The molecule has 5 nitrogen and oxygen atoms in total. The molecule has 0 radical (unpaired) electrons. The van der Waals surface area contributed by atoms with Crippen LogP contribution < -0.4 is 15.8 Å². The summed E-state index contributed by atoms with van der Waals surface area (Å²) in [5.74, 6) is 1.85. The molecule has 1 saturated heterocycles. The predicted molar refractivity (Wildman–Crippen MR) is 120 cm³/mol. The molecule has 2 unspecified atom stereocenters. The lowest BCUT2D eigenvalue weighted by atomic mass is 9.71. The molecule has 2 atom stereocenters. The van der Waals surface area contributed by atoms with Crippen LogP contribution >= 0.6 is 0 Å². The first kappa shape index (κ1) is 19.8. The molecule has 3 N–H and O–H groups in total. The number of hydrogen-bond acceptors (Lipinski definition) is 5. The fourth-order valence-electron chi connectivity index (χ4n) is 4.74. The molecule has 0 saturated carbocycles. The Morgan fingerprint density at radius 3 is 2.74 bits per heavy atom. The summed E-state index contributed by atoms with van der Waals surface area (Å²) in [6.07, 6.45) is 1.59. The van der Waals surface area contributed by atoms with Crippen molar-refractivity contribution < 1.29 is 13.9 Å². The Kier molecular flexibility index (Phi) is 5.00. The van der Waals surface area contributed by atoms with Crippen LogP contribution in [0.2, 0.25) is 0 Å². The van der Waals surface area contributed by atoms with Gasteiger partial charge in [-0.1, -0.05) is 49.0 Å². The van der Waals surface area contributed by atoms with E-state index in [4.69, 9.17) is 14.9 Å². The van der Waals surface area contributed by atoms with E-state index in [0.717, 1.165) is 35.4 Å². The number of carbonyl (C=O) groups excluding carboxylic acids is 1. The van der Waals surface area contributed by atoms with E-state index in [-0.39, 0.29) is 17.2 Å². The first-order chi connectivity index (χ1) is 15.1. The fourth-order valence-corrected chi connectivity index (χ4v) is 4.74. The molecule has 2 aromatic carbocycles. The highest BCUT2D eigenvalue weighted by Crippen LogP contribution is 2.46. The van der Waals surface area contributed by atoms with E-state index < -0.39 is 0 Å². The monoisotopic (exact) mass is 414 g/mol. The Hall–Kier alpha value is -3.15. The second kappa shape index (κ2) is 7.84. The number of furan rings is 1. The van der Waals surface area contributed by atoms with Gasteiger partial charge in [0, 0.05) is 23.1 Å². The van der Waals surface area contributed by atoms with Crippen LogP contribution in [0.1, 0.15) is 45.8 Å². The maximum Gasteiger partial charge on any atom is 0.214 e. The molecule has 1 aromatic heterocycles. The van der Waals surface area contributed by atoms with E-state index in [1.807, 2.05) is 48.5 Å². The van der Waals surface area contributed by atoms with Crippen LogP contribution in [-0.2, 0) is 12.0 Å². The molecule has 0 bridgehead atoms. The summed E-state index contributed by atoms with van der Waals surface area (Å²) in [5, 5.41) is 3.39. The van der Waals surface area contributed by atoms with Crippen LogP contribution in [0.5, 0.6) is 5.75 Å². The topological polar surface area (TPSA) is 77.5 Å². The van der Waals surface area contributed by atoms with Crippen molar-refractivity contribution >= 4 is 11.4 Å². The lowest BCUT2D eigenvalue weighted by Gasteiger charge is -2.37. The second-order valence-corrected chi connectivity index (χ2v) is 8.44. The first-order valence-corrected chi connectivity index (χ1v) is 10.7. The largest absolute Gasteiger partial charge is 0.492 e. The standard InChI is InChI=1S/C26H26N2O3/c1-17(19-5-3-2-4-6-19)22-9-10-24(31-22)25(29)21-14-26(11-12-28-21)16-30-23-8-7-18(15-27)13-20(23)26/h2-10,13,21,28H,1,11-12,14-16,27H2. The Morgan fingerprint density at radius 2 is 1.94 bits per heavy atom. The zero-order chi connectivity index (χ0) is 21.4. The van der Waals surface area contributed by atoms with Gasteiger partial charge in [0.2, 0.25) is 5.78 Å². The number of nitrogens with two attached hydrogens (primary N) is 1. The molecule has 1 fully saturated rings. The van der Waals surface area contributed by atoms with Crippen molar-refractivity contribution in [2.45, 2.75) is 30.8 Å². The maximum atomic E-state index is 13.3. The Balaban J connectivity index is 1.37. The lowest BCUT2D eigenvalue weighted by molar-refractivity contribution is 0.0853. The molecule has 0 aliphatic carbocycles. The van der Waals surface area contributed by atoms with E-state index >= 15 is 0 Å². The number of piperidine rings is 1. The first-order valence-electron chi connectivity index (χ1n) is 10.7. The van der Waals surface area contributed by atoms with E-state index in [1.54, 1.807) is 6.07 Å². The number of benzene rings is 2. The molecule has 0 amide bonds. The van der Waals surface area contributed by atoms with Crippen molar-refractivity contribution in [2.75, 3.05) is 13.2 Å². The summed E-state index contributed by atoms with van der Waals surface area (Å²) in [5.41, 5.74) is 9.68. The summed E-state index contributed by atoms with van der Waals surface area (Å²) >= 11 is 0. The third kappa shape index (κ3) is 3.50. The SMILES string of the molecule is C=C(c1ccccc1)c1ccc(C(=O)C2CC3(CCN2)COc2ccc(CN)cc23)o1. The summed E-state index contributed by atoms with van der Waals surface area (Å²) in [4.78, 5) is 13.3. The quantitative estimate of drug-likeness (QED) is 0.616. The van der Waals surface area contributed by atoms with Gasteiger partial charge in [-0.25, -0.2) is 0 Å². The van der Waals surface area contributed by atoms with E-state index in [9.17, 15) is 4.79 Å². The summed E-state index contributed by atoms with van der Waals surface area (Å²) in [6, 6.07) is 19.2. The van der Waals surface area contributed by atoms with Crippen LogP contribution in [0.15, 0.2) is 71.7 Å². The third-order valence-electron chi connectivity index (χ3n) is 6.53. The van der Waals surface area contributed by atoms with Crippen molar-refractivity contribution in [3.05, 3.63) is 95.5 Å². The minimum Gasteiger partial charge on any atom is -0.492 e. The van der Waals surface area contributed by atoms with Gasteiger partial charge in [0.15, 0.2) is 5.76 Å². The second-order valence-electron chi connectivity index (χ2n) is 8.44. The van der Waals surface area contributed by atoms with Gasteiger partial charge in [0.1, 0.15) is 11.5 Å². The zero-order valence-electron chi connectivity index (χ0n) is 17.4. The van der Waals surface area contributed by atoms with E-state index in [0.29, 0.717) is 31.1 Å². The van der Waals surface area contributed by atoms with Gasteiger partial charge >= 0.3 is 0 Å². The number of carbonyl (C=O) groups is 1.